The lowest BCUT2D eigenvalue weighted by atomic mass is 9.96. The summed E-state index contributed by atoms with van der Waals surface area (Å²) in [7, 11) is 1.64. The minimum Gasteiger partial charge on any atom is -0.384 e. The third kappa shape index (κ3) is 5.67. The summed E-state index contributed by atoms with van der Waals surface area (Å²) in [6.45, 7) is 2.35. The first kappa shape index (κ1) is 19.1. The van der Waals surface area contributed by atoms with E-state index in [9.17, 15) is 4.79 Å². The molecule has 0 spiro atoms. The fourth-order valence-electron chi connectivity index (χ4n) is 3.57. The summed E-state index contributed by atoms with van der Waals surface area (Å²) in [5, 5.41) is 7.08. The highest BCUT2D eigenvalue weighted by Crippen LogP contribution is 2.19. The maximum absolute atomic E-state index is 12.4. The molecule has 1 aliphatic carbocycles. The standard InChI is InChI=1S/C18H30N4O4/c1-24-12-9-16-20-17(26-21-16)13-25-15-7-10-22(11-8-15)18(23)19-14-5-3-2-4-6-14/h14-15H,2-13H2,1H3,(H,19,23). The average molecular weight is 366 g/mol. The van der Waals surface area contributed by atoms with Crippen LogP contribution in [0.3, 0.4) is 0 Å². The van der Waals surface area contributed by atoms with Gasteiger partial charge in [0.25, 0.3) is 5.89 Å². The van der Waals surface area contributed by atoms with Crippen LogP contribution in [0, 0.1) is 0 Å². The van der Waals surface area contributed by atoms with E-state index < -0.39 is 0 Å². The maximum Gasteiger partial charge on any atom is 0.317 e. The van der Waals surface area contributed by atoms with Crippen molar-refractivity contribution >= 4 is 6.03 Å². The largest absolute Gasteiger partial charge is 0.384 e. The van der Waals surface area contributed by atoms with E-state index in [1.165, 1.54) is 19.3 Å². The Morgan fingerprint density at radius 3 is 2.73 bits per heavy atom. The first-order valence-corrected chi connectivity index (χ1v) is 9.72. The van der Waals surface area contributed by atoms with Gasteiger partial charge in [0.1, 0.15) is 6.61 Å². The summed E-state index contributed by atoms with van der Waals surface area (Å²) in [6.07, 6.45) is 8.41. The van der Waals surface area contributed by atoms with Crippen molar-refractivity contribution in [1.29, 1.82) is 0 Å². The van der Waals surface area contributed by atoms with Gasteiger partial charge in [0.15, 0.2) is 5.82 Å². The van der Waals surface area contributed by atoms with Crippen LogP contribution in [0.15, 0.2) is 4.52 Å². The fourth-order valence-corrected chi connectivity index (χ4v) is 3.57. The van der Waals surface area contributed by atoms with Crippen molar-refractivity contribution in [3.63, 3.8) is 0 Å². The van der Waals surface area contributed by atoms with Crippen LogP contribution in [0.5, 0.6) is 0 Å². The predicted molar refractivity (Wildman–Crippen MR) is 94.7 cm³/mol. The lowest BCUT2D eigenvalue weighted by Crippen LogP contribution is -2.49. The number of nitrogens with one attached hydrogen (secondary N) is 1. The molecule has 0 bridgehead atoms. The first-order chi connectivity index (χ1) is 12.7. The quantitative estimate of drug-likeness (QED) is 0.796. The number of rotatable bonds is 7. The second-order valence-electron chi connectivity index (χ2n) is 7.13. The van der Waals surface area contributed by atoms with Gasteiger partial charge < -0.3 is 24.2 Å². The Balaban J connectivity index is 1.34. The normalized spacial score (nSPS) is 19.7. The number of methoxy groups -OCH3 is 1. The van der Waals surface area contributed by atoms with Gasteiger partial charge in [-0.05, 0) is 25.7 Å². The number of likely N-dealkylation sites (tertiary alicyclic amines) is 1. The molecule has 0 atom stereocenters. The zero-order valence-electron chi connectivity index (χ0n) is 15.6. The Labute approximate surface area is 154 Å². The third-order valence-corrected chi connectivity index (χ3v) is 5.14. The summed E-state index contributed by atoms with van der Waals surface area (Å²) in [4.78, 5) is 18.6. The van der Waals surface area contributed by atoms with Crippen molar-refractivity contribution in [2.75, 3.05) is 26.8 Å². The van der Waals surface area contributed by atoms with Crippen LogP contribution >= 0.6 is 0 Å². The van der Waals surface area contributed by atoms with E-state index in [-0.39, 0.29) is 12.1 Å². The van der Waals surface area contributed by atoms with Crippen LogP contribution in [0.1, 0.15) is 56.7 Å². The van der Waals surface area contributed by atoms with Gasteiger partial charge in [-0.1, -0.05) is 24.4 Å². The number of nitrogens with zero attached hydrogens (tertiary/aromatic N) is 3. The van der Waals surface area contributed by atoms with Gasteiger partial charge in [-0.25, -0.2) is 4.79 Å². The monoisotopic (exact) mass is 366 g/mol. The van der Waals surface area contributed by atoms with Crippen LogP contribution in [0.4, 0.5) is 4.79 Å². The Morgan fingerprint density at radius 1 is 1.23 bits per heavy atom. The second-order valence-corrected chi connectivity index (χ2v) is 7.13. The molecule has 1 aromatic rings. The molecule has 0 radical (unpaired) electrons. The van der Waals surface area contributed by atoms with Gasteiger partial charge in [0.05, 0.1) is 12.7 Å². The topological polar surface area (TPSA) is 89.7 Å². The minimum absolute atomic E-state index is 0.0787. The molecule has 146 valence electrons. The van der Waals surface area contributed by atoms with Crippen LogP contribution < -0.4 is 5.32 Å². The lowest BCUT2D eigenvalue weighted by molar-refractivity contribution is -0.00632. The molecule has 1 saturated carbocycles. The van der Waals surface area contributed by atoms with Crippen molar-refractivity contribution in [3.8, 4) is 0 Å². The van der Waals surface area contributed by atoms with E-state index in [1.54, 1.807) is 7.11 Å². The van der Waals surface area contributed by atoms with Crippen LogP contribution in [-0.2, 0) is 22.5 Å². The molecular weight excluding hydrogens is 336 g/mol. The molecule has 1 N–H and O–H groups in total. The summed E-state index contributed by atoms with van der Waals surface area (Å²) in [5.41, 5.74) is 0. The van der Waals surface area contributed by atoms with Gasteiger partial charge >= 0.3 is 6.03 Å². The van der Waals surface area contributed by atoms with Crippen LogP contribution in [0.2, 0.25) is 0 Å². The van der Waals surface area contributed by atoms with Crippen molar-refractivity contribution in [2.45, 2.75) is 70.1 Å². The van der Waals surface area contributed by atoms with Crippen molar-refractivity contribution in [3.05, 3.63) is 11.7 Å². The fraction of sp³-hybridized carbons (Fsp3) is 0.833. The van der Waals surface area contributed by atoms with Gasteiger partial charge in [-0.15, -0.1) is 0 Å². The number of carbonyl (C=O) groups excluding carboxylic acids is 1. The van der Waals surface area contributed by atoms with E-state index in [4.69, 9.17) is 14.0 Å². The Bertz CT molecular complexity index is 551. The van der Waals surface area contributed by atoms with E-state index in [0.717, 1.165) is 38.8 Å². The molecule has 2 amide bonds. The number of ether oxygens (including phenoxy) is 2. The average Bonchev–Trinajstić information content (AvgIpc) is 3.14. The molecule has 2 fully saturated rings. The Hall–Kier alpha value is -1.67. The molecular formula is C18H30N4O4. The van der Waals surface area contributed by atoms with E-state index >= 15 is 0 Å². The predicted octanol–water partition coefficient (Wildman–Crippen LogP) is 2.28. The number of hydrogen-bond acceptors (Lipinski definition) is 6. The summed E-state index contributed by atoms with van der Waals surface area (Å²) >= 11 is 0. The summed E-state index contributed by atoms with van der Waals surface area (Å²) in [5.74, 6) is 1.13. The number of amides is 2. The van der Waals surface area contributed by atoms with Crippen molar-refractivity contribution < 1.29 is 18.8 Å². The van der Waals surface area contributed by atoms with Gasteiger partial charge in [0.2, 0.25) is 0 Å². The molecule has 26 heavy (non-hydrogen) atoms. The first-order valence-electron chi connectivity index (χ1n) is 9.72. The van der Waals surface area contributed by atoms with E-state index in [1.807, 2.05) is 4.90 Å². The lowest BCUT2D eigenvalue weighted by Gasteiger charge is -2.33. The highest BCUT2D eigenvalue weighted by atomic mass is 16.5. The molecule has 0 unspecified atom stereocenters. The number of aromatic nitrogens is 2. The molecule has 2 heterocycles. The van der Waals surface area contributed by atoms with Crippen molar-refractivity contribution in [1.82, 2.24) is 20.4 Å². The van der Waals surface area contributed by atoms with Gasteiger partial charge in [-0.2, -0.15) is 4.98 Å². The molecule has 8 nitrogen and oxygen atoms in total. The van der Waals surface area contributed by atoms with Gasteiger partial charge in [-0.3, -0.25) is 0 Å². The zero-order valence-corrected chi connectivity index (χ0v) is 15.6. The molecule has 3 rings (SSSR count). The highest BCUT2D eigenvalue weighted by molar-refractivity contribution is 5.74. The number of carbonyl (C=O) groups is 1. The minimum atomic E-state index is 0.0787. The number of urea groups is 1. The van der Waals surface area contributed by atoms with Crippen LogP contribution in [0.25, 0.3) is 0 Å². The second kappa shape index (κ2) is 9.87. The summed E-state index contributed by atoms with van der Waals surface area (Å²) < 4.78 is 16.1. The van der Waals surface area contributed by atoms with Gasteiger partial charge in [0, 0.05) is 32.7 Å². The van der Waals surface area contributed by atoms with E-state index in [2.05, 4.69) is 15.5 Å². The SMILES string of the molecule is COCCc1noc(COC2CCN(C(=O)NC3CCCCC3)CC2)n1. The molecule has 1 aliphatic heterocycles. The smallest absolute Gasteiger partial charge is 0.317 e. The molecule has 1 aromatic heterocycles. The molecule has 2 aliphatic rings. The Kier molecular flexibility index (Phi) is 7.25. The molecule has 1 saturated heterocycles. The third-order valence-electron chi connectivity index (χ3n) is 5.14. The zero-order chi connectivity index (χ0) is 18.2. The molecule has 0 aromatic carbocycles. The maximum atomic E-state index is 12.4. The number of piperidine rings is 1. The summed E-state index contributed by atoms with van der Waals surface area (Å²) in [6, 6.07) is 0.435. The highest BCUT2D eigenvalue weighted by Gasteiger charge is 2.25. The van der Waals surface area contributed by atoms with E-state index in [0.29, 0.717) is 37.4 Å². The van der Waals surface area contributed by atoms with Crippen LogP contribution in [-0.4, -0.2) is 60.0 Å². The number of hydrogen-bond donors (Lipinski definition) is 1. The van der Waals surface area contributed by atoms with Crippen molar-refractivity contribution in [2.24, 2.45) is 0 Å². The molecule has 8 heteroatoms. The Morgan fingerprint density at radius 2 is 2.00 bits per heavy atom.